The third-order valence-corrected chi connectivity index (χ3v) is 3.61. The smallest absolute Gasteiger partial charge is 0.270 e. The van der Waals surface area contributed by atoms with E-state index in [0.717, 1.165) is 5.56 Å². The molecule has 3 nitrogen and oxygen atoms in total. The average Bonchev–Trinajstić information content (AvgIpc) is 2.47. The summed E-state index contributed by atoms with van der Waals surface area (Å²) in [5.41, 5.74) is 2.68. The lowest BCUT2D eigenvalue weighted by atomic mass is 9.99. The van der Waals surface area contributed by atoms with Crippen LogP contribution in [0, 0.1) is 0 Å². The van der Waals surface area contributed by atoms with Gasteiger partial charge in [0, 0.05) is 0 Å². The van der Waals surface area contributed by atoms with Gasteiger partial charge in [-0.3, -0.25) is 4.79 Å². The number of carbonyl (C=O) groups is 1. The van der Waals surface area contributed by atoms with E-state index < -0.39 is 0 Å². The molecule has 2 aromatic rings. The van der Waals surface area contributed by atoms with Crippen molar-refractivity contribution in [3.05, 3.63) is 64.4 Å². The summed E-state index contributed by atoms with van der Waals surface area (Å²) in [6.07, 6.45) is 0. The molecule has 0 aliphatic carbocycles. The van der Waals surface area contributed by atoms with Crippen LogP contribution in [-0.4, -0.2) is 10.9 Å². The quantitative estimate of drug-likeness (QED) is 0.853. The second-order valence-corrected chi connectivity index (χ2v) is 5.75. The highest BCUT2D eigenvalue weighted by Crippen LogP contribution is 2.19. The van der Waals surface area contributed by atoms with Gasteiger partial charge in [0.25, 0.3) is 5.91 Å². The molecule has 0 aliphatic rings. The van der Waals surface area contributed by atoms with Crippen LogP contribution in [-0.2, 0) is 0 Å². The molecule has 1 N–H and O–H groups in total. The summed E-state index contributed by atoms with van der Waals surface area (Å²) in [7, 11) is 0. The van der Waals surface area contributed by atoms with Crippen molar-refractivity contribution in [2.45, 2.75) is 32.7 Å². The van der Waals surface area contributed by atoms with E-state index in [9.17, 15) is 4.79 Å². The molecule has 1 unspecified atom stereocenters. The summed E-state index contributed by atoms with van der Waals surface area (Å²) in [6, 6.07) is 13.2. The Kier molecular flexibility index (Phi) is 4.97. The maximum Gasteiger partial charge on any atom is 0.270 e. The molecule has 1 aromatic heterocycles. The van der Waals surface area contributed by atoms with Crippen LogP contribution in [0.3, 0.4) is 0 Å². The summed E-state index contributed by atoms with van der Waals surface area (Å²) in [6.45, 7) is 6.27. The van der Waals surface area contributed by atoms with Gasteiger partial charge in [-0.25, -0.2) is 4.98 Å². The number of nitrogens with one attached hydrogen (secondary N) is 1. The van der Waals surface area contributed by atoms with E-state index in [1.807, 2.05) is 19.1 Å². The van der Waals surface area contributed by atoms with Gasteiger partial charge in [0.15, 0.2) is 0 Å². The minimum absolute atomic E-state index is 0.0838. The SMILES string of the molecule is CC(C)c1ccc(C(C)NC(=O)c2cccc(Cl)n2)cc1. The van der Waals surface area contributed by atoms with E-state index in [0.29, 0.717) is 16.8 Å². The van der Waals surface area contributed by atoms with Crippen LogP contribution < -0.4 is 5.32 Å². The molecular weight excluding hydrogens is 284 g/mol. The third-order valence-electron chi connectivity index (χ3n) is 3.40. The summed E-state index contributed by atoms with van der Waals surface area (Å²) < 4.78 is 0. The Hall–Kier alpha value is -1.87. The minimum atomic E-state index is -0.224. The van der Waals surface area contributed by atoms with Crippen molar-refractivity contribution in [3.63, 3.8) is 0 Å². The largest absolute Gasteiger partial charge is 0.344 e. The molecule has 4 heteroatoms. The number of benzene rings is 1. The van der Waals surface area contributed by atoms with Gasteiger partial charge in [-0.15, -0.1) is 0 Å². The molecule has 1 aromatic carbocycles. The maximum atomic E-state index is 12.1. The standard InChI is InChI=1S/C17H19ClN2O/c1-11(2)13-7-9-14(10-8-13)12(3)19-17(21)15-5-4-6-16(18)20-15/h4-12H,1-3H3,(H,19,21). The van der Waals surface area contributed by atoms with Crippen molar-refractivity contribution >= 4 is 17.5 Å². The number of halogens is 1. The van der Waals surface area contributed by atoms with Crippen molar-refractivity contribution in [2.24, 2.45) is 0 Å². The van der Waals surface area contributed by atoms with Crippen LogP contribution in [0.25, 0.3) is 0 Å². The Morgan fingerprint density at radius 3 is 2.24 bits per heavy atom. The van der Waals surface area contributed by atoms with E-state index in [4.69, 9.17) is 11.6 Å². The second-order valence-electron chi connectivity index (χ2n) is 5.36. The number of hydrogen-bond acceptors (Lipinski definition) is 2. The van der Waals surface area contributed by atoms with Crippen molar-refractivity contribution < 1.29 is 4.79 Å². The van der Waals surface area contributed by atoms with Crippen LogP contribution in [0.5, 0.6) is 0 Å². The fraction of sp³-hybridized carbons (Fsp3) is 0.294. The van der Waals surface area contributed by atoms with Gasteiger partial charge in [-0.1, -0.05) is 55.8 Å². The first-order valence-electron chi connectivity index (χ1n) is 7.00. The van der Waals surface area contributed by atoms with E-state index in [1.165, 1.54) is 5.56 Å². The van der Waals surface area contributed by atoms with Gasteiger partial charge in [0.1, 0.15) is 10.8 Å². The Balaban J connectivity index is 2.07. The molecule has 0 bridgehead atoms. The summed E-state index contributed by atoms with van der Waals surface area (Å²) in [5.74, 6) is 0.276. The Morgan fingerprint density at radius 2 is 1.67 bits per heavy atom. The van der Waals surface area contributed by atoms with E-state index in [2.05, 4.69) is 36.3 Å². The Morgan fingerprint density at radius 1 is 1.05 bits per heavy atom. The van der Waals surface area contributed by atoms with Gasteiger partial charge < -0.3 is 5.32 Å². The lowest BCUT2D eigenvalue weighted by Crippen LogP contribution is -2.27. The molecule has 0 fully saturated rings. The van der Waals surface area contributed by atoms with Gasteiger partial charge >= 0.3 is 0 Å². The highest BCUT2D eigenvalue weighted by molar-refractivity contribution is 6.29. The van der Waals surface area contributed by atoms with Crippen LogP contribution in [0.4, 0.5) is 0 Å². The van der Waals surface area contributed by atoms with Crippen molar-refractivity contribution in [1.82, 2.24) is 10.3 Å². The number of amides is 1. The predicted molar refractivity (Wildman–Crippen MR) is 85.7 cm³/mol. The lowest BCUT2D eigenvalue weighted by molar-refractivity contribution is 0.0935. The predicted octanol–water partition coefficient (Wildman–Crippen LogP) is 4.35. The average molecular weight is 303 g/mol. The monoisotopic (exact) mass is 302 g/mol. The van der Waals surface area contributed by atoms with Gasteiger partial charge in [-0.2, -0.15) is 0 Å². The number of nitrogens with zero attached hydrogens (tertiary/aromatic N) is 1. The molecule has 110 valence electrons. The van der Waals surface area contributed by atoms with Crippen molar-refractivity contribution in [3.8, 4) is 0 Å². The first-order chi connectivity index (χ1) is 9.97. The number of rotatable bonds is 4. The van der Waals surface area contributed by atoms with Gasteiger partial charge in [-0.05, 0) is 36.1 Å². The van der Waals surface area contributed by atoms with E-state index in [-0.39, 0.29) is 11.9 Å². The van der Waals surface area contributed by atoms with Crippen LogP contribution in [0.2, 0.25) is 5.15 Å². The van der Waals surface area contributed by atoms with Gasteiger partial charge in [0.05, 0.1) is 6.04 Å². The summed E-state index contributed by atoms with van der Waals surface area (Å²) in [4.78, 5) is 16.1. The zero-order valence-electron chi connectivity index (χ0n) is 12.4. The number of pyridine rings is 1. The first kappa shape index (κ1) is 15.5. The van der Waals surface area contributed by atoms with E-state index >= 15 is 0 Å². The lowest BCUT2D eigenvalue weighted by Gasteiger charge is -2.15. The maximum absolute atomic E-state index is 12.1. The summed E-state index contributed by atoms with van der Waals surface area (Å²) >= 11 is 5.80. The first-order valence-corrected chi connectivity index (χ1v) is 7.38. The van der Waals surface area contributed by atoms with Crippen LogP contribution in [0.1, 0.15) is 54.3 Å². The minimum Gasteiger partial charge on any atom is -0.344 e. The zero-order chi connectivity index (χ0) is 15.4. The van der Waals surface area contributed by atoms with Gasteiger partial charge in [0.2, 0.25) is 0 Å². The van der Waals surface area contributed by atoms with Crippen molar-refractivity contribution in [2.75, 3.05) is 0 Å². The fourth-order valence-electron chi connectivity index (χ4n) is 2.06. The molecular formula is C17H19ClN2O. The summed E-state index contributed by atoms with van der Waals surface area (Å²) in [5, 5.41) is 3.24. The molecule has 0 saturated carbocycles. The fourth-order valence-corrected chi connectivity index (χ4v) is 2.22. The molecule has 2 rings (SSSR count). The van der Waals surface area contributed by atoms with Crippen LogP contribution >= 0.6 is 11.6 Å². The topological polar surface area (TPSA) is 42.0 Å². The normalized spacial score (nSPS) is 12.2. The molecule has 1 amide bonds. The third kappa shape index (κ3) is 4.05. The highest BCUT2D eigenvalue weighted by atomic mass is 35.5. The molecule has 0 aliphatic heterocycles. The van der Waals surface area contributed by atoms with Crippen molar-refractivity contribution in [1.29, 1.82) is 0 Å². The molecule has 0 spiro atoms. The molecule has 1 atom stereocenters. The Bertz CT molecular complexity index is 623. The van der Waals surface area contributed by atoms with Crippen LogP contribution in [0.15, 0.2) is 42.5 Å². The number of carbonyl (C=O) groups excluding carboxylic acids is 1. The highest BCUT2D eigenvalue weighted by Gasteiger charge is 2.13. The molecule has 21 heavy (non-hydrogen) atoms. The molecule has 1 heterocycles. The number of aromatic nitrogens is 1. The Labute approximate surface area is 130 Å². The molecule has 0 radical (unpaired) electrons. The molecule has 0 saturated heterocycles. The zero-order valence-corrected chi connectivity index (χ0v) is 13.2. The second kappa shape index (κ2) is 6.72. The van der Waals surface area contributed by atoms with E-state index in [1.54, 1.807) is 18.2 Å². The number of hydrogen-bond donors (Lipinski definition) is 1.